The Bertz CT molecular complexity index is 175. The van der Waals surface area contributed by atoms with Crippen molar-refractivity contribution < 1.29 is 4.79 Å². The number of nitrogens with zero attached hydrogens (tertiary/aromatic N) is 1. The lowest BCUT2D eigenvalue weighted by Gasteiger charge is -2.22. The van der Waals surface area contributed by atoms with Gasteiger partial charge in [-0.15, -0.1) is 0 Å². The second-order valence-electron chi connectivity index (χ2n) is 4.52. The van der Waals surface area contributed by atoms with Gasteiger partial charge in [0.2, 0.25) is 5.91 Å². The van der Waals surface area contributed by atoms with E-state index in [1.165, 1.54) is 6.42 Å². The Morgan fingerprint density at radius 3 is 2.50 bits per heavy atom. The Kier molecular flexibility index (Phi) is 2.76. The Balaban J connectivity index is 2.50. The number of rotatable bonds is 0. The van der Waals surface area contributed by atoms with Crippen molar-refractivity contribution >= 4 is 5.91 Å². The summed E-state index contributed by atoms with van der Waals surface area (Å²) in [5.74, 6) is 0.229. The van der Waals surface area contributed by atoms with Crippen molar-refractivity contribution in [1.29, 1.82) is 0 Å². The number of likely N-dealkylation sites (tertiary alicyclic amines) is 1. The maximum absolute atomic E-state index is 11.1. The van der Waals surface area contributed by atoms with Crippen LogP contribution in [-0.4, -0.2) is 23.9 Å². The molecule has 70 valence electrons. The van der Waals surface area contributed by atoms with E-state index in [1.807, 2.05) is 4.90 Å². The highest BCUT2D eigenvalue weighted by Gasteiger charge is 2.23. The van der Waals surface area contributed by atoms with Gasteiger partial charge in [0.1, 0.15) is 0 Å². The van der Waals surface area contributed by atoms with Gasteiger partial charge in [0.25, 0.3) is 0 Å². The number of hydrogen-bond donors (Lipinski definition) is 0. The van der Waals surface area contributed by atoms with Crippen molar-refractivity contribution in [3.63, 3.8) is 0 Å². The van der Waals surface area contributed by atoms with Gasteiger partial charge < -0.3 is 4.90 Å². The van der Waals surface area contributed by atoms with Crippen LogP contribution in [0.4, 0.5) is 0 Å². The Morgan fingerprint density at radius 1 is 1.25 bits per heavy atom. The van der Waals surface area contributed by atoms with Crippen LogP contribution in [0.3, 0.4) is 0 Å². The molecule has 0 aromatic heterocycles. The lowest BCUT2D eigenvalue weighted by molar-refractivity contribution is -0.128. The first-order chi connectivity index (χ1) is 5.51. The van der Waals surface area contributed by atoms with E-state index in [4.69, 9.17) is 0 Å². The van der Waals surface area contributed by atoms with E-state index in [2.05, 4.69) is 13.8 Å². The van der Waals surface area contributed by atoms with Crippen molar-refractivity contribution in [2.45, 2.75) is 40.0 Å². The quantitative estimate of drug-likeness (QED) is 0.543. The van der Waals surface area contributed by atoms with Crippen LogP contribution in [0.25, 0.3) is 0 Å². The molecular formula is C10H19NO. The van der Waals surface area contributed by atoms with E-state index in [0.717, 1.165) is 25.9 Å². The molecule has 1 aliphatic rings. The van der Waals surface area contributed by atoms with E-state index >= 15 is 0 Å². The zero-order valence-electron chi connectivity index (χ0n) is 8.39. The summed E-state index contributed by atoms with van der Waals surface area (Å²) in [5.41, 5.74) is 0.435. The number of hydrogen-bond acceptors (Lipinski definition) is 1. The predicted octanol–water partition coefficient (Wildman–Crippen LogP) is 2.04. The maximum Gasteiger partial charge on any atom is 0.219 e. The van der Waals surface area contributed by atoms with Gasteiger partial charge >= 0.3 is 0 Å². The third-order valence-corrected chi connectivity index (χ3v) is 2.79. The lowest BCUT2D eigenvalue weighted by atomic mass is 9.85. The van der Waals surface area contributed by atoms with Crippen LogP contribution in [0.2, 0.25) is 0 Å². The van der Waals surface area contributed by atoms with Crippen molar-refractivity contribution in [3.8, 4) is 0 Å². The Morgan fingerprint density at radius 2 is 1.92 bits per heavy atom. The number of amides is 1. The third kappa shape index (κ3) is 2.50. The van der Waals surface area contributed by atoms with E-state index in [-0.39, 0.29) is 5.91 Å². The molecule has 0 radical (unpaired) electrons. The largest absolute Gasteiger partial charge is 0.343 e. The summed E-state index contributed by atoms with van der Waals surface area (Å²) < 4.78 is 0. The van der Waals surface area contributed by atoms with E-state index in [0.29, 0.717) is 5.41 Å². The summed E-state index contributed by atoms with van der Waals surface area (Å²) in [7, 11) is 0. The molecule has 0 aromatic carbocycles. The van der Waals surface area contributed by atoms with Gasteiger partial charge in [-0.1, -0.05) is 13.8 Å². The van der Waals surface area contributed by atoms with Crippen LogP contribution in [-0.2, 0) is 4.79 Å². The molecule has 0 N–H and O–H groups in total. The molecule has 0 bridgehead atoms. The second-order valence-corrected chi connectivity index (χ2v) is 4.52. The molecule has 0 atom stereocenters. The minimum absolute atomic E-state index is 0.229. The highest BCUT2D eigenvalue weighted by molar-refractivity contribution is 5.73. The summed E-state index contributed by atoms with van der Waals surface area (Å²) in [4.78, 5) is 13.1. The lowest BCUT2D eigenvalue weighted by Crippen LogP contribution is -2.29. The summed E-state index contributed by atoms with van der Waals surface area (Å²) in [5, 5.41) is 0. The zero-order chi connectivity index (χ0) is 9.19. The fourth-order valence-corrected chi connectivity index (χ4v) is 1.74. The van der Waals surface area contributed by atoms with Gasteiger partial charge in [-0.3, -0.25) is 4.79 Å². The standard InChI is InChI=1S/C10H19NO/c1-9(12)11-7-4-5-10(2,3)6-8-11/h4-8H2,1-3H3. The molecular weight excluding hydrogens is 150 g/mol. The Hall–Kier alpha value is -0.530. The molecule has 1 saturated heterocycles. The highest BCUT2D eigenvalue weighted by Crippen LogP contribution is 2.29. The van der Waals surface area contributed by atoms with E-state index < -0.39 is 0 Å². The Labute approximate surface area is 74.9 Å². The van der Waals surface area contributed by atoms with Gasteiger partial charge in [-0.05, 0) is 24.7 Å². The normalized spacial score (nSPS) is 23.4. The maximum atomic E-state index is 11.1. The van der Waals surface area contributed by atoms with Crippen molar-refractivity contribution in [1.82, 2.24) is 4.90 Å². The predicted molar refractivity (Wildman–Crippen MR) is 49.9 cm³/mol. The third-order valence-electron chi connectivity index (χ3n) is 2.79. The number of carbonyl (C=O) groups excluding carboxylic acids is 1. The summed E-state index contributed by atoms with van der Waals surface area (Å²) >= 11 is 0. The molecule has 1 rings (SSSR count). The first-order valence-electron chi connectivity index (χ1n) is 4.77. The van der Waals surface area contributed by atoms with E-state index in [9.17, 15) is 4.79 Å². The minimum Gasteiger partial charge on any atom is -0.343 e. The molecule has 1 aliphatic heterocycles. The summed E-state index contributed by atoms with van der Waals surface area (Å²) in [6, 6.07) is 0. The van der Waals surface area contributed by atoms with Crippen LogP contribution >= 0.6 is 0 Å². The molecule has 12 heavy (non-hydrogen) atoms. The SMILES string of the molecule is CC(=O)N1CCCC(C)(C)CC1. The molecule has 0 spiro atoms. The topological polar surface area (TPSA) is 20.3 Å². The molecule has 1 amide bonds. The van der Waals surface area contributed by atoms with Crippen molar-refractivity contribution in [2.24, 2.45) is 5.41 Å². The first-order valence-corrected chi connectivity index (χ1v) is 4.77. The van der Waals surface area contributed by atoms with Crippen molar-refractivity contribution in [3.05, 3.63) is 0 Å². The molecule has 2 nitrogen and oxygen atoms in total. The highest BCUT2D eigenvalue weighted by atomic mass is 16.2. The van der Waals surface area contributed by atoms with Crippen LogP contribution in [0.5, 0.6) is 0 Å². The molecule has 0 aromatic rings. The van der Waals surface area contributed by atoms with Gasteiger partial charge in [0, 0.05) is 20.0 Å². The van der Waals surface area contributed by atoms with E-state index in [1.54, 1.807) is 6.92 Å². The fourth-order valence-electron chi connectivity index (χ4n) is 1.74. The van der Waals surface area contributed by atoms with Crippen LogP contribution in [0.15, 0.2) is 0 Å². The number of carbonyl (C=O) groups is 1. The molecule has 0 aliphatic carbocycles. The fraction of sp³-hybridized carbons (Fsp3) is 0.900. The molecule has 1 fully saturated rings. The first kappa shape index (κ1) is 9.56. The average Bonchev–Trinajstić information content (AvgIpc) is 2.10. The van der Waals surface area contributed by atoms with Gasteiger partial charge in [-0.25, -0.2) is 0 Å². The monoisotopic (exact) mass is 169 g/mol. The van der Waals surface area contributed by atoms with Crippen LogP contribution < -0.4 is 0 Å². The molecule has 0 unspecified atom stereocenters. The van der Waals surface area contributed by atoms with Gasteiger partial charge in [-0.2, -0.15) is 0 Å². The smallest absolute Gasteiger partial charge is 0.219 e. The van der Waals surface area contributed by atoms with Gasteiger partial charge in [0.15, 0.2) is 0 Å². The minimum atomic E-state index is 0.229. The zero-order valence-corrected chi connectivity index (χ0v) is 8.39. The van der Waals surface area contributed by atoms with Crippen LogP contribution in [0, 0.1) is 5.41 Å². The van der Waals surface area contributed by atoms with Crippen LogP contribution in [0.1, 0.15) is 40.0 Å². The summed E-state index contributed by atoms with van der Waals surface area (Å²) in [6.07, 6.45) is 3.55. The average molecular weight is 169 g/mol. The summed E-state index contributed by atoms with van der Waals surface area (Å²) in [6.45, 7) is 8.15. The van der Waals surface area contributed by atoms with Crippen molar-refractivity contribution in [2.75, 3.05) is 13.1 Å². The second kappa shape index (κ2) is 3.46. The molecule has 1 heterocycles. The molecule has 2 heteroatoms. The van der Waals surface area contributed by atoms with Gasteiger partial charge in [0.05, 0.1) is 0 Å². The molecule has 0 saturated carbocycles.